The number of carbonyl (C=O) groups excluding carboxylic acids is 2. The molecule has 6 N–H and O–H groups in total. The van der Waals surface area contributed by atoms with Gasteiger partial charge in [0.05, 0.1) is 25.4 Å². The Kier molecular flexibility index (Phi) is 44.0. The van der Waals surface area contributed by atoms with E-state index in [2.05, 4.69) is 68.6 Å². The van der Waals surface area contributed by atoms with Gasteiger partial charge in [-0.05, 0) is 83.5 Å². The summed E-state index contributed by atoms with van der Waals surface area (Å²) < 4.78 is 17.5. The summed E-state index contributed by atoms with van der Waals surface area (Å²) >= 11 is 0. The van der Waals surface area contributed by atoms with Crippen LogP contribution in [0.1, 0.15) is 207 Å². The minimum Gasteiger partial charge on any atom is -0.454 e. The molecule has 1 aliphatic heterocycles. The molecule has 8 unspecified atom stereocenters. The van der Waals surface area contributed by atoms with Crippen molar-refractivity contribution in [1.29, 1.82) is 0 Å². The van der Waals surface area contributed by atoms with Gasteiger partial charge in [-0.3, -0.25) is 9.59 Å². The van der Waals surface area contributed by atoms with Gasteiger partial charge in [-0.15, -0.1) is 0 Å². The second-order valence-electron chi connectivity index (χ2n) is 19.0. The second-order valence-corrected chi connectivity index (χ2v) is 19.0. The van der Waals surface area contributed by atoms with E-state index in [4.69, 9.17) is 14.2 Å². The van der Waals surface area contributed by atoms with Gasteiger partial charge in [0.1, 0.15) is 24.4 Å². The Morgan fingerprint density at radius 1 is 0.577 bits per heavy atom. The van der Waals surface area contributed by atoms with Crippen LogP contribution in [0.4, 0.5) is 0 Å². The van der Waals surface area contributed by atoms with E-state index >= 15 is 0 Å². The second kappa shape index (κ2) is 47.6. The van der Waals surface area contributed by atoms with Crippen LogP contribution >= 0.6 is 0 Å². The Bertz CT molecular complexity index is 1520. The Morgan fingerprint density at radius 3 is 1.68 bits per heavy atom. The van der Waals surface area contributed by atoms with Crippen LogP contribution in [0.5, 0.6) is 0 Å². The Hall–Kier alpha value is -3.42. The van der Waals surface area contributed by atoms with Crippen LogP contribution in [-0.2, 0) is 23.8 Å². The molecule has 8 atom stereocenters. The summed E-state index contributed by atoms with van der Waals surface area (Å²) in [6.07, 6.45) is 51.7. The molecule has 11 heteroatoms. The molecule has 1 heterocycles. The number of ether oxygens (including phenoxy) is 3. The highest BCUT2D eigenvalue weighted by molar-refractivity contribution is 5.80. The smallest absolute Gasteiger partial charge is 0.306 e. The van der Waals surface area contributed by atoms with Gasteiger partial charge in [0.2, 0.25) is 5.91 Å². The number of hydrogen-bond donors (Lipinski definition) is 6. The largest absolute Gasteiger partial charge is 0.454 e. The van der Waals surface area contributed by atoms with Crippen molar-refractivity contribution in [3.8, 4) is 0 Å². The van der Waals surface area contributed by atoms with Gasteiger partial charge in [0, 0.05) is 6.42 Å². The molecule has 1 rings (SSSR count). The molecule has 0 radical (unpaired) electrons. The number of rotatable bonds is 45. The van der Waals surface area contributed by atoms with Crippen molar-refractivity contribution in [3.63, 3.8) is 0 Å². The minimum absolute atomic E-state index is 0.0987. The minimum atomic E-state index is -1.63. The summed E-state index contributed by atoms with van der Waals surface area (Å²) in [6, 6.07) is -1.05. The Morgan fingerprint density at radius 2 is 1.07 bits per heavy atom. The molecule has 1 aliphatic rings. The molecule has 71 heavy (non-hydrogen) atoms. The van der Waals surface area contributed by atoms with Crippen LogP contribution in [0, 0.1) is 0 Å². The van der Waals surface area contributed by atoms with Crippen LogP contribution in [-0.4, -0.2) is 99.6 Å². The molecule has 1 fully saturated rings. The molecule has 1 saturated heterocycles. The zero-order valence-corrected chi connectivity index (χ0v) is 44.6. The summed E-state index contributed by atoms with van der Waals surface area (Å²) in [6.45, 7) is 5.54. The quantitative estimate of drug-likeness (QED) is 0.0149. The van der Waals surface area contributed by atoms with Gasteiger partial charge < -0.3 is 45.1 Å². The molecule has 11 nitrogen and oxygen atoms in total. The molecule has 0 aromatic heterocycles. The van der Waals surface area contributed by atoms with Crippen LogP contribution in [0.2, 0.25) is 0 Å². The summed E-state index contributed by atoms with van der Waals surface area (Å²) in [5.41, 5.74) is 0. The molecular formula is C60H101NO10. The van der Waals surface area contributed by atoms with Crippen molar-refractivity contribution in [3.05, 3.63) is 97.2 Å². The molecule has 0 spiro atoms. The fourth-order valence-electron chi connectivity index (χ4n) is 8.08. The Labute approximate surface area is 431 Å². The van der Waals surface area contributed by atoms with Crippen molar-refractivity contribution >= 4 is 11.9 Å². The molecule has 0 aliphatic carbocycles. The SMILES string of the molecule is CC/C=C/C=C/C=C\C=C/CCCCC(O)C(=O)NC(COC1OC(CO)C(O)C(O)C1OC(=O)CCCCCCCC/C=C\C/C=C\C/C=C\CCCCC)C(O)/C=C/CCCCCCCCCCC. The maximum Gasteiger partial charge on any atom is 0.306 e. The molecule has 0 aromatic carbocycles. The van der Waals surface area contributed by atoms with E-state index in [1.54, 1.807) is 6.08 Å². The fraction of sp³-hybridized carbons (Fsp3) is 0.700. The number of unbranched alkanes of at least 4 members (excludes halogenated alkanes) is 20. The third-order valence-electron chi connectivity index (χ3n) is 12.6. The molecule has 1 amide bonds. The van der Waals surface area contributed by atoms with Gasteiger partial charge >= 0.3 is 5.97 Å². The molecule has 406 valence electrons. The van der Waals surface area contributed by atoms with Crippen molar-refractivity contribution in [2.75, 3.05) is 13.2 Å². The van der Waals surface area contributed by atoms with Crippen LogP contribution in [0.15, 0.2) is 97.2 Å². The van der Waals surface area contributed by atoms with Gasteiger partial charge in [-0.2, -0.15) is 0 Å². The first-order chi connectivity index (χ1) is 34.7. The average Bonchev–Trinajstić information content (AvgIpc) is 3.37. The predicted octanol–water partition coefficient (Wildman–Crippen LogP) is 12.4. The lowest BCUT2D eigenvalue weighted by atomic mass is 9.99. The molecule has 0 bridgehead atoms. The molecular weight excluding hydrogens is 895 g/mol. The van der Waals surface area contributed by atoms with Crippen LogP contribution in [0.3, 0.4) is 0 Å². The molecule has 0 saturated carbocycles. The topological polar surface area (TPSA) is 175 Å². The lowest BCUT2D eigenvalue weighted by Gasteiger charge is -2.41. The predicted molar refractivity (Wildman–Crippen MR) is 292 cm³/mol. The van der Waals surface area contributed by atoms with Gasteiger partial charge in [-0.1, -0.05) is 214 Å². The number of allylic oxidation sites excluding steroid dienone is 15. The fourth-order valence-corrected chi connectivity index (χ4v) is 8.08. The first-order valence-corrected chi connectivity index (χ1v) is 28.1. The third kappa shape index (κ3) is 36.2. The van der Waals surface area contributed by atoms with Crippen molar-refractivity contribution in [1.82, 2.24) is 5.32 Å². The summed E-state index contributed by atoms with van der Waals surface area (Å²) in [7, 11) is 0. The third-order valence-corrected chi connectivity index (χ3v) is 12.6. The van der Waals surface area contributed by atoms with Crippen LogP contribution < -0.4 is 5.32 Å². The number of hydrogen-bond acceptors (Lipinski definition) is 10. The normalized spacial score (nSPS) is 20.4. The van der Waals surface area contributed by atoms with Gasteiger partial charge in [0.15, 0.2) is 12.4 Å². The number of nitrogens with one attached hydrogen (secondary N) is 1. The zero-order chi connectivity index (χ0) is 51.8. The van der Waals surface area contributed by atoms with E-state index in [9.17, 15) is 35.1 Å². The van der Waals surface area contributed by atoms with E-state index in [0.29, 0.717) is 12.8 Å². The monoisotopic (exact) mass is 996 g/mol. The maximum absolute atomic E-state index is 13.3. The van der Waals surface area contributed by atoms with Crippen molar-refractivity contribution in [2.45, 2.75) is 256 Å². The first kappa shape index (κ1) is 65.6. The van der Waals surface area contributed by atoms with Crippen molar-refractivity contribution in [2.24, 2.45) is 0 Å². The highest BCUT2D eigenvalue weighted by Crippen LogP contribution is 2.26. The number of aliphatic hydroxyl groups is 5. The summed E-state index contributed by atoms with van der Waals surface area (Å²) in [5, 5.41) is 56.6. The van der Waals surface area contributed by atoms with Crippen LogP contribution in [0.25, 0.3) is 0 Å². The number of amides is 1. The standard InChI is InChI=1S/C60H101NO10/c1-4-7-10-13-16-19-22-24-25-26-27-28-29-30-33-36-39-42-45-48-55(65)71-58-57(67)56(66)54(49-62)70-60(58)69-50-51(52(63)46-43-40-37-34-31-21-18-15-12-9-6-3)61-59(68)53(64)47-44-41-38-35-32-23-20-17-14-11-8-5-2/h8,11,14,16-17,19-20,23-25,27-28,32,35,43,46,51-54,56-58,60,62-64,66-67H,4-7,9-10,12-13,15,18,21-22,26,29-31,33-34,36-42,44-45,47-50H2,1-3H3,(H,61,68)/b11-8+,17-14+,19-16-,23-20-,25-24-,28-27-,35-32-,46-43+. The lowest BCUT2D eigenvalue weighted by Crippen LogP contribution is -2.61. The average molecular weight is 996 g/mol. The first-order valence-electron chi connectivity index (χ1n) is 28.1. The lowest BCUT2D eigenvalue weighted by molar-refractivity contribution is -0.305. The van der Waals surface area contributed by atoms with E-state index in [0.717, 1.165) is 96.3 Å². The van der Waals surface area contributed by atoms with E-state index in [1.807, 2.05) is 48.6 Å². The zero-order valence-electron chi connectivity index (χ0n) is 44.6. The van der Waals surface area contributed by atoms with E-state index in [1.165, 1.54) is 64.2 Å². The van der Waals surface area contributed by atoms with E-state index in [-0.39, 0.29) is 19.4 Å². The molecule has 0 aromatic rings. The van der Waals surface area contributed by atoms with E-state index < -0.39 is 67.4 Å². The Balaban J connectivity index is 2.74. The van der Waals surface area contributed by atoms with Gasteiger partial charge in [-0.25, -0.2) is 0 Å². The number of carbonyl (C=O) groups is 2. The van der Waals surface area contributed by atoms with Gasteiger partial charge in [0.25, 0.3) is 0 Å². The summed E-state index contributed by atoms with van der Waals surface area (Å²) in [4.78, 5) is 26.4. The maximum atomic E-state index is 13.3. The highest BCUT2D eigenvalue weighted by atomic mass is 16.7. The highest BCUT2D eigenvalue weighted by Gasteiger charge is 2.47. The summed E-state index contributed by atoms with van der Waals surface area (Å²) in [5.74, 6) is -1.26. The van der Waals surface area contributed by atoms with Crippen molar-refractivity contribution < 1.29 is 49.3 Å². The number of aliphatic hydroxyl groups excluding tert-OH is 5. The number of esters is 1.